The number of pyridine rings is 1. The number of nitrogens with one attached hydrogen (secondary N) is 1. The second-order valence-corrected chi connectivity index (χ2v) is 8.14. The van der Waals surface area contributed by atoms with Gasteiger partial charge in [0.15, 0.2) is 5.79 Å². The van der Waals surface area contributed by atoms with Gasteiger partial charge in [0.05, 0.1) is 23.8 Å². The standard InChI is InChI=1S/C21H22N4O2S/c1-2-18(28-13-1)19-17(15-5-9-22-10-6-15)14-23-20(25-19)24-16-3-7-21(8-4-16)26-11-12-27-21/h1-2,5-6,9-10,13-14,16H,3-4,7-8,11-12H2,(H,23,24,25). The Balaban J connectivity index is 1.38. The van der Waals surface area contributed by atoms with Crippen molar-refractivity contribution in [3.8, 4) is 21.7 Å². The van der Waals surface area contributed by atoms with Gasteiger partial charge >= 0.3 is 0 Å². The van der Waals surface area contributed by atoms with Gasteiger partial charge in [0.1, 0.15) is 0 Å². The molecule has 0 bridgehead atoms. The highest BCUT2D eigenvalue weighted by Gasteiger charge is 2.40. The minimum absolute atomic E-state index is 0.335. The van der Waals surface area contributed by atoms with Crippen molar-refractivity contribution < 1.29 is 9.47 Å². The average Bonchev–Trinajstić information content (AvgIpc) is 3.43. The zero-order chi connectivity index (χ0) is 18.8. The van der Waals surface area contributed by atoms with E-state index in [9.17, 15) is 0 Å². The molecule has 1 saturated carbocycles. The third-order valence-electron chi connectivity index (χ3n) is 5.43. The summed E-state index contributed by atoms with van der Waals surface area (Å²) in [5, 5.41) is 5.60. The van der Waals surface area contributed by atoms with Crippen LogP contribution in [0.15, 0.2) is 48.2 Å². The Kier molecular flexibility index (Phi) is 4.80. The quantitative estimate of drug-likeness (QED) is 0.709. The number of rotatable bonds is 4. The molecule has 5 rings (SSSR count). The van der Waals surface area contributed by atoms with Crippen molar-refractivity contribution in [2.75, 3.05) is 18.5 Å². The predicted octanol–water partition coefficient (Wildman–Crippen LogP) is 4.36. The van der Waals surface area contributed by atoms with Gasteiger partial charge in [0.2, 0.25) is 5.95 Å². The highest BCUT2D eigenvalue weighted by atomic mass is 32.1. The molecule has 1 N–H and O–H groups in total. The zero-order valence-electron chi connectivity index (χ0n) is 15.5. The molecule has 2 aliphatic rings. The second-order valence-electron chi connectivity index (χ2n) is 7.20. The summed E-state index contributed by atoms with van der Waals surface area (Å²) in [6.45, 7) is 1.42. The Labute approximate surface area is 168 Å². The lowest BCUT2D eigenvalue weighted by Crippen LogP contribution is -2.39. The number of aromatic nitrogens is 3. The molecule has 1 saturated heterocycles. The zero-order valence-corrected chi connectivity index (χ0v) is 16.3. The van der Waals surface area contributed by atoms with Crippen molar-refractivity contribution in [2.45, 2.75) is 37.5 Å². The maximum Gasteiger partial charge on any atom is 0.223 e. The molecule has 0 unspecified atom stereocenters. The van der Waals surface area contributed by atoms with E-state index in [4.69, 9.17) is 14.5 Å². The van der Waals surface area contributed by atoms with Crippen molar-refractivity contribution in [1.29, 1.82) is 0 Å². The van der Waals surface area contributed by atoms with Gasteiger partial charge in [-0.1, -0.05) is 6.07 Å². The Morgan fingerprint density at radius 1 is 1.07 bits per heavy atom. The van der Waals surface area contributed by atoms with Gasteiger partial charge < -0.3 is 14.8 Å². The average molecular weight is 394 g/mol. The molecule has 0 radical (unpaired) electrons. The van der Waals surface area contributed by atoms with Gasteiger partial charge in [0.25, 0.3) is 0 Å². The van der Waals surface area contributed by atoms with Crippen molar-refractivity contribution in [1.82, 2.24) is 15.0 Å². The number of anilines is 1. The van der Waals surface area contributed by atoms with Crippen LogP contribution < -0.4 is 5.32 Å². The summed E-state index contributed by atoms with van der Waals surface area (Å²) in [6.07, 6.45) is 9.31. The minimum atomic E-state index is -0.341. The molecule has 0 aromatic carbocycles. The Morgan fingerprint density at radius 3 is 2.57 bits per heavy atom. The minimum Gasteiger partial charge on any atom is -0.351 e. The summed E-state index contributed by atoms with van der Waals surface area (Å²) >= 11 is 1.69. The Morgan fingerprint density at radius 2 is 1.86 bits per heavy atom. The van der Waals surface area contributed by atoms with Crippen LogP contribution in [0.4, 0.5) is 5.95 Å². The smallest absolute Gasteiger partial charge is 0.223 e. The summed E-state index contributed by atoms with van der Waals surface area (Å²) in [5.41, 5.74) is 3.04. The summed E-state index contributed by atoms with van der Waals surface area (Å²) in [4.78, 5) is 14.7. The van der Waals surface area contributed by atoms with E-state index in [-0.39, 0.29) is 5.79 Å². The fraction of sp³-hybridized carbons (Fsp3) is 0.381. The fourth-order valence-corrected chi connectivity index (χ4v) is 4.69. The van der Waals surface area contributed by atoms with Gasteiger partial charge in [-0.05, 0) is 42.0 Å². The van der Waals surface area contributed by atoms with Crippen LogP contribution in [0.2, 0.25) is 0 Å². The van der Waals surface area contributed by atoms with Gasteiger partial charge in [-0.2, -0.15) is 0 Å². The molecule has 0 amide bonds. The molecule has 7 heteroatoms. The molecule has 0 atom stereocenters. The first-order valence-corrected chi connectivity index (χ1v) is 10.6. The van der Waals surface area contributed by atoms with Crippen molar-refractivity contribution in [3.63, 3.8) is 0 Å². The Bertz CT molecular complexity index is 917. The van der Waals surface area contributed by atoms with E-state index in [1.807, 2.05) is 24.4 Å². The molecule has 1 aliphatic carbocycles. The maximum atomic E-state index is 5.83. The lowest BCUT2D eigenvalue weighted by atomic mass is 9.90. The summed E-state index contributed by atoms with van der Waals surface area (Å²) in [6, 6.07) is 8.46. The van der Waals surface area contributed by atoms with Crippen molar-refractivity contribution in [3.05, 3.63) is 48.2 Å². The van der Waals surface area contributed by atoms with Crippen LogP contribution in [-0.2, 0) is 9.47 Å². The number of hydrogen-bond acceptors (Lipinski definition) is 7. The molecule has 144 valence electrons. The largest absolute Gasteiger partial charge is 0.351 e. The van der Waals surface area contributed by atoms with Crippen LogP contribution in [0.1, 0.15) is 25.7 Å². The first kappa shape index (κ1) is 17.7. The highest BCUT2D eigenvalue weighted by Crippen LogP contribution is 2.37. The summed E-state index contributed by atoms with van der Waals surface area (Å²) in [5.74, 6) is 0.335. The third-order valence-corrected chi connectivity index (χ3v) is 6.31. The monoisotopic (exact) mass is 394 g/mol. The van der Waals surface area contributed by atoms with E-state index >= 15 is 0 Å². The first-order chi connectivity index (χ1) is 13.8. The lowest BCUT2D eigenvalue weighted by Gasteiger charge is -2.35. The normalized spacial score (nSPS) is 19.1. The molecule has 4 heterocycles. The molecule has 1 aliphatic heterocycles. The molecular weight excluding hydrogens is 372 g/mol. The number of hydrogen-bond donors (Lipinski definition) is 1. The van der Waals surface area contributed by atoms with Gasteiger partial charge in [0, 0.05) is 43.0 Å². The molecule has 3 aromatic heterocycles. The molecule has 3 aromatic rings. The van der Waals surface area contributed by atoms with E-state index in [1.54, 1.807) is 23.7 Å². The molecule has 28 heavy (non-hydrogen) atoms. The topological polar surface area (TPSA) is 69.2 Å². The summed E-state index contributed by atoms with van der Waals surface area (Å²) in [7, 11) is 0. The number of thiophene rings is 1. The van der Waals surface area contributed by atoms with Gasteiger partial charge in [-0.25, -0.2) is 9.97 Å². The van der Waals surface area contributed by atoms with E-state index < -0.39 is 0 Å². The van der Waals surface area contributed by atoms with Gasteiger partial charge in [-0.3, -0.25) is 4.98 Å². The fourth-order valence-electron chi connectivity index (χ4n) is 3.97. The van der Waals surface area contributed by atoms with Crippen LogP contribution in [0, 0.1) is 0 Å². The summed E-state index contributed by atoms with van der Waals surface area (Å²) < 4.78 is 11.7. The van der Waals surface area contributed by atoms with Crippen LogP contribution in [-0.4, -0.2) is 40.0 Å². The number of nitrogens with zero attached hydrogens (tertiary/aromatic N) is 3. The number of ether oxygens (including phenoxy) is 2. The molecule has 2 fully saturated rings. The molecular formula is C21H22N4O2S. The van der Waals surface area contributed by atoms with Crippen molar-refractivity contribution >= 4 is 17.3 Å². The second kappa shape index (κ2) is 7.58. The SMILES string of the molecule is c1csc(-c2nc(NC3CCC4(CC3)OCCO4)ncc2-c2ccncc2)c1. The van der Waals surface area contributed by atoms with E-state index in [0.717, 1.165) is 47.4 Å². The van der Waals surface area contributed by atoms with E-state index in [0.29, 0.717) is 25.2 Å². The lowest BCUT2D eigenvalue weighted by molar-refractivity contribution is -0.177. The predicted molar refractivity (Wildman–Crippen MR) is 109 cm³/mol. The van der Waals surface area contributed by atoms with Crippen LogP contribution in [0.25, 0.3) is 21.7 Å². The maximum absolute atomic E-state index is 5.83. The van der Waals surface area contributed by atoms with E-state index in [2.05, 4.69) is 26.7 Å². The van der Waals surface area contributed by atoms with Crippen molar-refractivity contribution in [2.24, 2.45) is 0 Å². The highest BCUT2D eigenvalue weighted by molar-refractivity contribution is 7.13. The van der Waals surface area contributed by atoms with Crippen LogP contribution >= 0.6 is 11.3 Å². The van der Waals surface area contributed by atoms with Crippen LogP contribution in [0.3, 0.4) is 0 Å². The first-order valence-electron chi connectivity index (χ1n) is 9.67. The third kappa shape index (κ3) is 3.53. The molecule has 6 nitrogen and oxygen atoms in total. The van der Waals surface area contributed by atoms with Crippen LogP contribution in [0.5, 0.6) is 0 Å². The van der Waals surface area contributed by atoms with E-state index in [1.165, 1.54) is 0 Å². The van der Waals surface area contributed by atoms with Gasteiger partial charge in [-0.15, -0.1) is 11.3 Å². The Hall–Kier alpha value is -2.35. The molecule has 1 spiro atoms.